The molecular weight excluding hydrogens is 366 g/mol. The molecule has 0 aliphatic carbocycles. The van der Waals surface area contributed by atoms with E-state index in [0.717, 1.165) is 28.1 Å². The van der Waals surface area contributed by atoms with E-state index in [-0.39, 0.29) is 5.91 Å². The van der Waals surface area contributed by atoms with Crippen molar-refractivity contribution in [1.29, 1.82) is 0 Å². The number of aromatic nitrogens is 4. The van der Waals surface area contributed by atoms with Crippen molar-refractivity contribution < 1.29 is 9.53 Å². The lowest BCUT2D eigenvalue weighted by Crippen LogP contribution is -2.41. The third-order valence-corrected chi connectivity index (χ3v) is 5.21. The van der Waals surface area contributed by atoms with Gasteiger partial charge in [-0.3, -0.25) is 9.20 Å². The Morgan fingerprint density at radius 2 is 1.90 bits per heavy atom. The zero-order valence-corrected chi connectivity index (χ0v) is 16.1. The van der Waals surface area contributed by atoms with Crippen molar-refractivity contribution in [3.05, 3.63) is 65.9 Å². The number of amides is 1. The molecule has 0 saturated carbocycles. The van der Waals surface area contributed by atoms with Gasteiger partial charge in [-0.2, -0.15) is 0 Å². The summed E-state index contributed by atoms with van der Waals surface area (Å²) in [6, 6.07) is 13.6. The summed E-state index contributed by atoms with van der Waals surface area (Å²) >= 11 is 0. The molecule has 1 aromatic carbocycles. The van der Waals surface area contributed by atoms with Crippen molar-refractivity contribution in [2.24, 2.45) is 0 Å². The molecule has 1 aliphatic heterocycles. The van der Waals surface area contributed by atoms with Crippen LogP contribution in [0, 0.1) is 6.92 Å². The van der Waals surface area contributed by atoms with Crippen LogP contribution in [0.5, 0.6) is 0 Å². The second-order valence-corrected chi connectivity index (χ2v) is 7.08. The van der Waals surface area contributed by atoms with Crippen molar-refractivity contribution in [2.75, 3.05) is 26.3 Å². The van der Waals surface area contributed by atoms with E-state index in [0.29, 0.717) is 37.7 Å². The fourth-order valence-corrected chi connectivity index (χ4v) is 3.69. The molecule has 0 bridgehead atoms. The average Bonchev–Trinajstić information content (AvgIpc) is 3.32. The number of fused-ring (bicyclic) bond motifs is 2. The maximum atomic E-state index is 13.5. The Labute approximate surface area is 167 Å². The highest BCUT2D eigenvalue weighted by Crippen LogP contribution is 2.24. The van der Waals surface area contributed by atoms with Crippen LogP contribution in [0.15, 0.2) is 48.7 Å². The molecule has 1 saturated heterocycles. The second kappa shape index (κ2) is 7.18. The Kier molecular flexibility index (Phi) is 4.37. The smallest absolute Gasteiger partial charge is 0.257 e. The molecule has 7 nitrogen and oxygen atoms in total. The fraction of sp³-hybridized carbons (Fsp3) is 0.227. The molecule has 5 rings (SSSR count). The number of hydrogen-bond donors (Lipinski definition) is 1. The van der Waals surface area contributed by atoms with Gasteiger partial charge in [-0.25, -0.2) is 9.97 Å². The van der Waals surface area contributed by atoms with E-state index in [1.807, 2.05) is 71.0 Å². The summed E-state index contributed by atoms with van der Waals surface area (Å²) in [4.78, 5) is 27.9. The van der Waals surface area contributed by atoms with E-state index in [1.54, 1.807) is 0 Å². The third-order valence-electron chi connectivity index (χ3n) is 5.21. The molecule has 0 radical (unpaired) electrons. The number of morpholine rings is 1. The third kappa shape index (κ3) is 3.19. The topological polar surface area (TPSA) is 75.5 Å². The first-order valence-corrected chi connectivity index (χ1v) is 9.68. The quantitative estimate of drug-likeness (QED) is 0.549. The number of nitrogens with zero attached hydrogens (tertiary/aromatic N) is 4. The number of ether oxygens (including phenoxy) is 1. The van der Waals surface area contributed by atoms with Gasteiger partial charge in [0.05, 0.1) is 41.2 Å². The lowest BCUT2D eigenvalue weighted by Gasteiger charge is -2.27. The molecule has 7 heteroatoms. The van der Waals surface area contributed by atoms with Gasteiger partial charge in [-0.1, -0.05) is 18.2 Å². The molecule has 146 valence electrons. The van der Waals surface area contributed by atoms with Crippen molar-refractivity contribution in [3.63, 3.8) is 0 Å². The van der Waals surface area contributed by atoms with Gasteiger partial charge in [0.15, 0.2) is 0 Å². The Bertz CT molecular complexity index is 1200. The van der Waals surface area contributed by atoms with Crippen LogP contribution in [-0.4, -0.2) is 56.5 Å². The highest BCUT2D eigenvalue weighted by atomic mass is 16.5. The monoisotopic (exact) mass is 387 g/mol. The summed E-state index contributed by atoms with van der Waals surface area (Å²) in [5.74, 6) is 0.505. The van der Waals surface area contributed by atoms with E-state index >= 15 is 0 Å². The number of para-hydroxylation sites is 2. The van der Waals surface area contributed by atoms with E-state index < -0.39 is 0 Å². The normalized spacial score (nSPS) is 15.3. The molecule has 1 amide bonds. The molecule has 4 aromatic rings. The first-order chi connectivity index (χ1) is 14.2. The Hall–Kier alpha value is -3.45. The SMILES string of the molecule is Cc1nc2ccccn2c1C=C(C(=O)N1CCOCC1)c1nc2ccccc2[nH]1. The van der Waals surface area contributed by atoms with Gasteiger partial charge < -0.3 is 14.6 Å². The van der Waals surface area contributed by atoms with Crippen LogP contribution >= 0.6 is 0 Å². The fourth-order valence-electron chi connectivity index (χ4n) is 3.69. The van der Waals surface area contributed by atoms with Crippen molar-refractivity contribution in [1.82, 2.24) is 24.3 Å². The molecule has 3 aromatic heterocycles. The number of hydrogen-bond acceptors (Lipinski definition) is 4. The number of aromatic amines is 1. The molecule has 0 atom stereocenters. The second-order valence-electron chi connectivity index (χ2n) is 7.08. The minimum Gasteiger partial charge on any atom is -0.378 e. The average molecular weight is 387 g/mol. The lowest BCUT2D eigenvalue weighted by molar-refractivity contribution is -0.128. The standard InChI is InChI=1S/C22H21N5O2/c1-15-19(27-9-5-4-8-20(27)23-15)14-16(22(28)26-10-12-29-13-11-26)21-24-17-6-2-3-7-18(17)25-21/h2-9,14H,10-13H2,1H3,(H,24,25). The van der Waals surface area contributed by atoms with E-state index in [1.165, 1.54) is 0 Å². The first-order valence-electron chi connectivity index (χ1n) is 9.68. The Morgan fingerprint density at radius 1 is 1.10 bits per heavy atom. The van der Waals surface area contributed by atoms with E-state index in [4.69, 9.17) is 4.74 Å². The Balaban J connectivity index is 1.67. The number of benzene rings is 1. The van der Waals surface area contributed by atoms with Gasteiger partial charge in [-0.05, 0) is 37.3 Å². The molecule has 1 N–H and O–H groups in total. The summed E-state index contributed by atoms with van der Waals surface area (Å²) < 4.78 is 7.41. The molecular formula is C22H21N5O2. The van der Waals surface area contributed by atoms with Gasteiger partial charge in [0, 0.05) is 19.3 Å². The zero-order valence-electron chi connectivity index (χ0n) is 16.1. The molecule has 0 unspecified atom stereocenters. The van der Waals surface area contributed by atoms with Crippen LogP contribution < -0.4 is 0 Å². The van der Waals surface area contributed by atoms with E-state index in [2.05, 4.69) is 15.0 Å². The predicted molar refractivity (Wildman–Crippen MR) is 111 cm³/mol. The van der Waals surface area contributed by atoms with Crippen LogP contribution in [0.3, 0.4) is 0 Å². The van der Waals surface area contributed by atoms with Gasteiger partial charge in [0.1, 0.15) is 11.5 Å². The van der Waals surface area contributed by atoms with Crippen molar-refractivity contribution in [2.45, 2.75) is 6.92 Å². The molecule has 0 spiro atoms. The molecule has 29 heavy (non-hydrogen) atoms. The highest BCUT2D eigenvalue weighted by molar-refractivity contribution is 6.23. The lowest BCUT2D eigenvalue weighted by atomic mass is 10.1. The molecule has 4 heterocycles. The molecule has 1 fully saturated rings. The summed E-state index contributed by atoms with van der Waals surface area (Å²) in [6.45, 7) is 4.20. The van der Waals surface area contributed by atoms with Crippen molar-refractivity contribution >= 4 is 34.2 Å². The number of H-pyrrole nitrogens is 1. The summed E-state index contributed by atoms with van der Waals surface area (Å²) in [5, 5.41) is 0. The zero-order chi connectivity index (χ0) is 19.8. The van der Waals surface area contributed by atoms with Crippen LogP contribution in [0.2, 0.25) is 0 Å². The van der Waals surface area contributed by atoms with Gasteiger partial charge >= 0.3 is 0 Å². The number of nitrogens with one attached hydrogen (secondary N) is 1. The van der Waals surface area contributed by atoms with Gasteiger partial charge in [-0.15, -0.1) is 0 Å². The minimum absolute atomic E-state index is 0.0577. The summed E-state index contributed by atoms with van der Waals surface area (Å²) in [5.41, 5.74) is 4.84. The number of carbonyl (C=O) groups excluding carboxylic acids is 1. The molecule has 1 aliphatic rings. The number of imidazole rings is 2. The van der Waals surface area contributed by atoms with Crippen LogP contribution in [0.25, 0.3) is 28.3 Å². The maximum absolute atomic E-state index is 13.5. The number of aryl methyl sites for hydroxylation is 1. The summed E-state index contributed by atoms with van der Waals surface area (Å²) in [7, 11) is 0. The first kappa shape index (κ1) is 17.6. The highest BCUT2D eigenvalue weighted by Gasteiger charge is 2.25. The number of rotatable bonds is 3. The van der Waals surface area contributed by atoms with Gasteiger partial charge in [0.2, 0.25) is 0 Å². The maximum Gasteiger partial charge on any atom is 0.257 e. The van der Waals surface area contributed by atoms with Crippen LogP contribution in [-0.2, 0) is 9.53 Å². The summed E-state index contributed by atoms with van der Waals surface area (Å²) in [6.07, 6.45) is 3.85. The van der Waals surface area contributed by atoms with Crippen LogP contribution in [0.1, 0.15) is 17.2 Å². The number of pyridine rings is 1. The minimum atomic E-state index is -0.0577. The van der Waals surface area contributed by atoms with Crippen LogP contribution in [0.4, 0.5) is 0 Å². The van der Waals surface area contributed by atoms with E-state index in [9.17, 15) is 4.79 Å². The van der Waals surface area contributed by atoms with Crippen molar-refractivity contribution in [3.8, 4) is 0 Å². The number of carbonyl (C=O) groups is 1. The predicted octanol–water partition coefficient (Wildman–Crippen LogP) is 2.92. The largest absolute Gasteiger partial charge is 0.378 e. The van der Waals surface area contributed by atoms with Gasteiger partial charge in [0.25, 0.3) is 5.91 Å². The Morgan fingerprint density at radius 3 is 2.72 bits per heavy atom.